The molecule has 0 aliphatic carbocycles. The first-order valence-electron chi connectivity index (χ1n) is 8.25. The van der Waals surface area contributed by atoms with Crippen molar-refractivity contribution in [2.24, 2.45) is 0 Å². The highest BCUT2D eigenvalue weighted by molar-refractivity contribution is 14.1. The quantitative estimate of drug-likeness (QED) is 0.633. The first-order chi connectivity index (χ1) is 12.1. The largest absolute Gasteiger partial charge is 0.297 e. The van der Waals surface area contributed by atoms with E-state index >= 15 is 0 Å². The Hall–Kier alpha value is -1.22. The third-order valence-electron chi connectivity index (χ3n) is 4.26. The summed E-state index contributed by atoms with van der Waals surface area (Å²) in [6.45, 7) is 3.42. The molecule has 0 saturated carbocycles. The summed E-state index contributed by atoms with van der Waals surface area (Å²) >= 11 is 2.18. The molecule has 1 heterocycles. The maximum absolute atomic E-state index is 12.7. The lowest BCUT2D eigenvalue weighted by Crippen LogP contribution is -2.48. The summed E-state index contributed by atoms with van der Waals surface area (Å²) in [4.78, 5) is 2.66. The molecule has 3 rings (SSSR count). The van der Waals surface area contributed by atoms with Crippen LogP contribution in [-0.2, 0) is 10.0 Å². The topological polar surface area (TPSA) is 40.6 Å². The first kappa shape index (κ1) is 18.6. The number of nitrogens with zero attached hydrogens (tertiary/aromatic N) is 2. The zero-order valence-electron chi connectivity index (χ0n) is 13.9. The number of sulfonamides is 1. The predicted octanol–water partition coefficient (Wildman–Crippen LogP) is 3.31. The van der Waals surface area contributed by atoms with Gasteiger partial charge in [-0.15, -0.1) is 0 Å². The fourth-order valence-corrected chi connectivity index (χ4v) is 4.59. The van der Waals surface area contributed by atoms with E-state index in [-0.39, 0.29) is 0 Å². The summed E-state index contributed by atoms with van der Waals surface area (Å²) in [5.74, 6) is 0. The van der Waals surface area contributed by atoms with Gasteiger partial charge in [-0.05, 0) is 52.4 Å². The zero-order valence-corrected chi connectivity index (χ0v) is 16.9. The summed E-state index contributed by atoms with van der Waals surface area (Å²) in [6.07, 6.45) is 4.24. The third-order valence-corrected chi connectivity index (χ3v) is 6.89. The molecule has 0 spiro atoms. The number of piperazine rings is 1. The van der Waals surface area contributed by atoms with Gasteiger partial charge in [0.1, 0.15) is 0 Å². The van der Waals surface area contributed by atoms with Gasteiger partial charge in [0.25, 0.3) is 0 Å². The molecule has 2 aromatic rings. The fourth-order valence-electron chi connectivity index (χ4n) is 2.81. The lowest BCUT2D eigenvalue weighted by atomic mass is 10.2. The molecule has 4 nitrogen and oxygen atoms in total. The highest BCUT2D eigenvalue weighted by atomic mass is 127. The first-order valence-corrected chi connectivity index (χ1v) is 10.8. The Balaban J connectivity index is 1.54. The Morgan fingerprint density at radius 3 is 2.20 bits per heavy atom. The zero-order chi connectivity index (χ0) is 17.7. The maximum Gasteiger partial charge on any atom is 0.243 e. The molecule has 0 atom stereocenters. The number of halogens is 1. The Kier molecular flexibility index (Phi) is 6.27. The molecule has 25 heavy (non-hydrogen) atoms. The van der Waals surface area contributed by atoms with Crippen molar-refractivity contribution in [1.29, 1.82) is 0 Å². The maximum atomic E-state index is 12.7. The molecule has 0 bridgehead atoms. The second kappa shape index (κ2) is 8.44. The molecule has 0 radical (unpaired) electrons. The minimum Gasteiger partial charge on any atom is -0.297 e. The molecule has 0 unspecified atom stereocenters. The lowest BCUT2D eigenvalue weighted by Gasteiger charge is -2.33. The second-order valence-electron chi connectivity index (χ2n) is 5.97. The van der Waals surface area contributed by atoms with E-state index < -0.39 is 10.0 Å². The van der Waals surface area contributed by atoms with Gasteiger partial charge in [0.05, 0.1) is 4.90 Å². The molecule has 1 aliphatic rings. The van der Waals surface area contributed by atoms with Crippen LogP contribution in [0.5, 0.6) is 0 Å². The molecule has 1 aliphatic heterocycles. The van der Waals surface area contributed by atoms with Crippen LogP contribution in [0, 0.1) is 3.57 Å². The van der Waals surface area contributed by atoms with E-state index in [4.69, 9.17) is 0 Å². The van der Waals surface area contributed by atoms with Crippen molar-refractivity contribution in [2.45, 2.75) is 4.90 Å². The van der Waals surface area contributed by atoms with Gasteiger partial charge in [0.15, 0.2) is 0 Å². The van der Waals surface area contributed by atoms with Crippen LogP contribution in [0.15, 0.2) is 65.6 Å². The van der Waals surface area contributed by atoms with Crippen molar-refractivity contribution in [2.75, 3.05) is 32.7 Å². The van der Waals surface area contributed by atoms with Crippen molar-refractivity contribution in [3.05, 3.63) is 69.8 Å². The van der Waals surface area contributed by atoms with E-state index in [1.165, 1.54) is 5.56 Å². The van der Waals surface area contributed by atoms with Crippen LogP contribution in [-0.4, -0.2) is 50.3 Å². The van der Waals surface area contributed by atoms with Gasteiger partial charge in [-0.3, -0.25) is 4.90 Å². The molecule has 6 heteroatoms. The normalized spacial score (nSPS) is 17.2. The van der Waals surface area contributed by atoms with Gasteiger partial charge >= 0.3 is 0 Å². The van der Waals surface area contributed by atoms with Gasteiger partial charge in [0, 0.05) is 36.3 Å². The molecule has 132 valence electrons. The third kappa shape index (κ3) is 4.91. The highest BCUT2D eigenvalue weighted by Crippen LogP contribution is 2.19. The van der Waals surface area contributed by atoms with E-state index in [1.807, 2.05) is 30.3 Å². The predicted molar refractivity (Wildman–Crippen MR) is 110 cm³/mol. The SMILES string of the molecule is O=S(=O)(c1ccc(I)cc1)N1CCN(C/C=C\c2ccccc2)CC1. The highest BCUT2D eigenvalue weighted by Gasteiger charge is 2.27. The summed E-state index contributed by atoms with van der Waals surface area (Å²) in [6, 6.07) is 17.2. The molecule has 1 fully saturated rings. The Morgan fingerprint density at radius 1 is 0.920 bits per heavy atom. The summed E-state index contributed by atoms with van der Waals surface area (Å²) in [5, 5.41) is 0. The standard InChI is InChI=1S/C19H21IN2O2S/c20-18-8-10-19(11-9-18)25(23,24)22-15-13-21(14-16-22)12-4-7-17-5-2-1-3-6-17/h1-11H,12-16H2/b7-4-. The number of rotatable bonds is 5. The summed E-state index contributed by atoms with van der Waals surface area (Å²) in [5.41, 5.74) is 1.18. The molecular formula is C19H21IN2O2S. The average Bonchev–Trinajstić information content (AvgIpc) is 2.63. The summed E-state index contributed by atoms with van der Waals surface area (Å²) < 4.78 is 28.0. The van der Waals surface area contributed by atoms with Crippen LogP contribution >= 0.6 is 22.6 Å². The van der Waals surface area contributed by atoms with Gasteiger partial charge in [-0.2, -0.15) is 4.31 Å². The van der Waals surface area contributed by atoms with Crippen molar-refractivity contribution < 1.29 is 8.42 Å². The van der Waals surface area contributed by atoms with Gasteiger partial charge in [-0.1, -0.05) is 42.5 Å². The van der Waals surface area contributed by atoms with Crippen molar-refractivity contribution >= 4 is 38.7 Å². The van der Waals surface area contributed by atoms with E-state index in [9.17, 15) is 8.42 Å². The van der Waals surface area contributed by atoms with Crippen molar-refractivity contribution in [3.63, 3.8) is 0 Å². The van der Waals surface area contributed by atoms with Crippen LogP contribution < -0.4 is 0 Å². The monoisotopic (exact) mass is 468 g/mol. The Morgan fingerprint density at radius 2 is 1.56 bits per heavy atom. The van der Waals surface area contributed by atoms with Gasteiger partial charge < -0.3 is 0 Å². The lowest BCUT2D eigenvalue weighted by molar-refractivity contribution is 0.204. The summed E-state index contributed by atoms with van der Waals surface area (Å²) in [7, 11) is -3.38. The van der Waals surface area contributed by atoms with E-state index in [1.54, 1.807) is 16.4 Å². The molecule has 1 saturated heterocycles. The number of hydrogen-bond donors (Lipinski definition) is 0. The van der Waals surface area contributed by atoms with Gasteiger partial charge in [-0.25, -0.2) is 8.42 Å². The smallest absolute Gasteiger partial charge is 0.243 e. The fraction of sp³-hybridized carbons (Fsp3) is 0.263. The molecule has 0 amide bonds. The van der Waals surface area contributed by atoms with E-state index in [2.05, 4.69) is 51.8 Å². The van der Waals surface area contributed by atoms with Crippen LogP contribution in [0.4, 0.5) is 0 Å². The Bertz CT molecular complexity index is 812. The molecular weight excluding hydrogens is 447 g/mol. The molecule has 0 aromatic heterocycles. The van der Waals surface area contributed by atoms with Crippen LogP contribution in [0.25, 0.3) is 6.08 Å². The average molecular weight is 468 g/mol. The molecule has 2 aromatic carbocycles. The minimum absolute atomic E-state index is 0.380. The van der Waals surface area contributed by atoms with E-state index in [0.29, 0.717) is 18.0 Å². The number of benzene rings is 2. The van der Waals surface area contributed by atoms with Crippen LogP contribution in [0.3, 0.4) is 0 Å². The van der Waals surface area contributed by atoms with Gasteiger partial charge in [0.2, 0.25) is 10.0 Å². The number of hydrogen-bond acceptors (Lipinski definition) is 3. The Labute approximate surface area is 163 Å². The van der Waals surface area contributed by atoms with E-state index in [0.717, 1.165) is 23.2 Å². The van der Waals surface area contributed by atoms with Crippen LogP contribution in [0.2, 0.25) is 0 Å². The van der Waals surface area contributed by atoms with Crippen LogP contribution in [0.1, 0.15) is 5.56 Å². The second-order valence-corrected chi connectivity index (χ2v) is 9.16. The molecule has 0 N–H and O–H groups in total. The minimum atomic E-state index is -3.38. The van der Waals surface area contributed by atoms with Crippen molar-refractivity contribution in [3.8, 4) is 0 Å². The van der Waals surface area contributed by atoms with Crippen molar-refractivity contribution in [1.82, 2.24) is 9.21 Å².